The van der Waals surface area contributed by atoms with Gasteiger partial charge in [0.05, 0.1) is 5.60 Å². The number of hydrogen-bond donors (Lipinski definition) is 0. The zero-order valence-corrected chi connectivity index (χ0v) is 17.1. The first-order valence-corrected chi connectivity index (χ1v) is 10.2. The van der Waals surface area contributed by atoms with Gasteiger partial charge in [-0.25, -0.2) is 0 Å². The smallest absolute Gasteiger partial charge is 0.377 e. The molecule has 0 amide bonds. The molecule has 0 saturated carbocycles. The van der Waals surface area contributed by atoms with Gasteiger partial charge in [0.2, 0.25) is 0 Å². The van der Waals surface area contributed by atoms with Crippen LogP contribution in [0.3, 0.4) is 0 Å². The molecule has 0 aromatic heterocycles. The van der Waals surface area contributed by atoms with Crippen LogP contribution < -0.4 is 0 Å². The summed E-state index contributed by atoms with van der Waals surface area (Å²) in [7, 11) is -0.906. The van der Waals surface area contributed by atoms with E-state index in [1.54, 1.807) is 7.11 Å². The van der Waals surface area contributed by atoms with Gasteiger partial charge >= 0.3 is 8.80 Å². The van der Waals surface area contributed by atoms with Crippen molar-refractivity contribution in [2.75, 3.05) is 13.7 Å². The molecule has 0 heterocycles. The Kier molecular flexibility index (Phi) is 7.61. The highest BCUT2D eigenvalue weighted by atomic mass is 28.4. The van der Waals surface area contributed by atoms with Crippen LogP contribution in [0, 0.1) is 10.8 Å². The molecule has 128 valence electrons. The molecule has 0 saturated heterocycles. The monoisotopic (exact) mass is 318 g/mol. The number of rotatable bonds is 8. The van der Waals surface area contributed by atoms with Crippen molar-refractivity contribution in [2.45, 2.75) is 86.8 Å². The van der Waals surface area contributed by atoms with Gasteiger partial charge in [-0.15, -0.1) is 0 Å². The van der Waals surface area contributed by atoms with Crippen molar-refractivity contribution in [3.8, 4) is 0 Å². The molecule has 0 N–H and O–H groups in total. The minimum atomic E-state index is -2.65. The van der Waals surface area contributed by atoms with Crippen LogP contribution in [0.1, 0.15) is 75.2 Å². The van der Waals surface area contributed by atoms with Crippen molar-refractivity contribution < 1.29 is 13.3 Å². The summed E-state index contributed by atoms with van der Waals surface area (Å²) in [5.41, 5.74) is -0.0993. The summed E-state index contributed by atoms with van der Waals surface area (Å²) in [6.07, 6.45) is 1.95. The van der Waals surface area contributed by atoms with Gasteiger partial charge < -0.3 is 13.3 Å². The summed E-state index contributed by atoms with van der Waals surface area (Å²) < 4.78 is 18.8. The van der Waals surface area contributed by atoms with E-state index in [1.165, 1.54) is 0 Å². The molecule has 0 aromatic rings. The predicted octanol–water partition coefficient (Wildman–Crippen LogP) is 5.28. The molecule has 0 fully saturated rings. The van der Waals surface area contributed by atoms with E-state index in [0.29, 0.717) is 6.61 Å². The minimum Gasteiger partial charge on any atom is -0.377 e. The van der Waals surface area contributed by atoms with E-state index in [2.05, 4.69) is 62.3 Å². The second-order valence-corrected chi connectivity index (χ2v) is 11.2. The van der Waals surface area contributed by atoms with Crippen molar-refractivity contribution in [1.29, 1.82) is 0 Å². The van der Waals surface area contributed by atoms with E-state index >= 15 is 0 Å². The molecule has 0 radical (unpaired) electrons. The van der Waals surface area contributed by atoms with Crippen LogP contribution >= 0.6 is 0 Å². The van der Waals surface area contributed by atoms with E-state index in [9.17, 15) is 0 Å². The fraction of sp³-hybridized carbons (Fsp3) is 1.00. The Balaban J connectivity index is 5.31. The molecule has 2 unspecified atom stereocenters. The molecular formula is C17H38O3Si. The summed E-state index contributed by atoms with van der Waals surface area (Å²) in [5.74, 6) is 0. The topological polar surface area (TPSA) is 27.7 Å². The minimum absolute atomic E-state index is 0.0391. The molecule has 0 spiro atoms. The molecule has 0 aliphatic rings. The van der Waals surface area contributed by atoms with Gasteiger partial charge in [0, 0.05) is 19.8 Å². The molecule has 0 rings (SSSR count). The van der Waals surface area contributed by atoms with Crippen LogP contribution in [0.4, 0.5) is 0 Å². The van der Waals surface area contributed by atoms with Crippen LogP contribution in [0.25, 0.3) is 0 Å². The zero-order valence-electron chi connectivity index (χ0n) is 16.1. The molecule has 0 bridgehead atoms. The van der Waals surface area contributed by atoms with Gasteiger partial charge in [-0.05, 0) is 24.2 Å². The Morgan fingerprint density at radius 2 is 1.43 bits per heavy atom. The SMILES string of the molecule is CCC[Si](OC)(OCC(C)(C)C)OC(C)(CC)C(C)(C)C. The quantitative estimate of drug-likeness (QED) is 0.570. The Morgan fingerprint density at radius 1 is 0.905 bits per heavy atom. The molecule has 0 aromatic carbocycles. The summed E-state index contributed by atoms with van der Waals surface area (Å²) in [6, 6.07) is 0.866. The summed E-state index contributed by atoms with van der Waals surface area (Å²) in [6.45, 7) is 20.4. The normalized spacial score (nSPS) is 19.1. The average Bonchev–Trinajstić information content (AvgIpc) is 2.34. The largest absolute Gasteiger partial charge is 0.501 e. The molecule has 2 atom stereocenters. The lowest BCUT2D eigenvalue weighted by atomic mass is 9.76. The molecular weight excluding hydrogens is 280 g/mol. The maximum absolute atomic E-state index is 6.62. The lowest BCUT2D eigenvalue weighted by Crippen LogP contribution is -2.56. The first-order chi connectivity index (χ1) is 9.35. The van der Waals surface area contributed by atoms with Crippen LogP contribution in [0.5, 0.6) is 0 Å². The van der Waals surface area contributed by atoms with E-state index in [1.807, 2.05) is 0 Å². The first kappa shape index (κ1) is 21.1. The van der Waals surface area contributed by atoms with Gasteiger partial charge in [-0.1, -0.05) is 61.8 Å². The third-order valence-corrected chi connectivity index (χ3v) is 7.31. The maximum Gasteiger partial charge on any atom is 0.501 e. The van der Waals surface area contributed by atoms with E-state index < -0.39 is 8.80 Å². The summed E-state index contributed by atoms with van der Waals surface area (Å²) in [5, 5.41) is 0. The third kappa shape index (κ3) is 6.39. The van der Waals surface area contributed by atoms with Gasteiger partial charge in [-0.3, -0.25) is 0 Å². The molecule has 4 heteroatoms. The Morgan fingerprint density at radius 3 is 1.71 bits per heavy atom. The van der Waals surface area contributed by atoms with E-state index in [4.69, 9.17) is 13.3 Å². The third-order valence-electron chi connectivity index (χ3n) is 4.23. The standard InChI is InChI=1S/C17H38O3Si/c1-11-13-21(18-10,19-14-15(3,4)5)20-17(9,12-2)16(6,7)8/h11-14H2,1-10H3. The van der Waals surface area contributed by atoms with Crippen molar-refractivity contribution in [2.24, 2.45) is 10.8 Å². The molecule has 3 nitrogen and oxygen atoms in total. The fourth-order valence-corrected chi connectivity index (χ4v) is 5.20. The van der Waals surface area contributed by atoms with Crippen LogP contribution in [-0.2, 0) is 13.3 Å². The van der Waals surface area contributed by atoms with E-state index in [0.717, 1.165) is 18.9 Å². The van der Waals surface area contributed by atoms with Crippen LogP contribution in [0.15, 0.2) is 0 Å². The van der Waals surface area contributed by atoms with Crippen molar-refractivity contribution >= 4 is 8.80 Å². The average molecular weight is 319 g/mol. The van der Waals surface area contributed by atoms with Crippen molar-refractivity contribution in [3.63, 3.8) is 0 Å². The van der Waals surface area contributed by atoms with Gasteiger partial charge in [-0.2, -0.15) is 0 Å². The van der Waals surface area contributed by atoms with Gasteiger partial charge in [0.15, 0.2) is 0 Å². The van der Waals surface area contributed by atoms with E-state index in [-0.39, 0.29) is 16.4 Å². The highest BCUT2D eigenvalue weighted by Gasteiger charge is 2.49. The van der Waals surface area contributed by atoms with Crippen LogP contribution in [0.2, 0.25) is 6.04 Å². The maximum atomic E-state index is 6.62. The summed E-state index contributed by atoms with van der Waals surface area (Å²) in [4.78, 5) is 0. The molecule has 21 heavy (non-hydrogen) atoms. The van der Waals surface area contributed by atoms with Crippen molar-refractivity contribution in [3.05, 3.63) is 0 Å². The second kappa shape index (κ2) is 7.58. The Bertz CT molecular complexity index is 306. The summed E-state index contributed by atoms with van der Waals surface area (Å²) >= 11 is 0. The van der Waals surface area contributed by atoms with Crippen LogP contribution in [-0.4, -0.2) is 28.1 Å². The predicted molar refractivity (Wildman–Crippen MR) is 92.5 cm³/mol. The number of hydrogen-bond acceptors (Lipinski definition) is 3. The second-order valence-electron chi connectivity index (χ2n) is 8.42. The first-order valence-electron chi connectivity index (χ1n) is 8.24. The van der Waals surface area contributed by atoms with Gasteiger partial charge in [0.1, 0.15) is 0 Å². The lowest BCUT2D eigenvalue weighted by molar-refractivity contribution is -0.0840. The Hall–Kier alpha value is 0.0969. The fourth-order valence-electron chi connectivity index (χ4n) is 2.09. The molecule has 0 aliphatic heterocycles. The Labute approximate surface area is 134 Å². The molecule has 0 aliphatic carbocycles. The lowest BCUT2D eigenvalue weighted by Gasteiger charge is -2.46. The zero-order chi connectivity index (χ0) is 16.9. The highest BCUT2D eigenvalue weighted by Crippen LogP contribution is 2.40. The highest BCUT2D eigenvalue weighted by molar-refractivity contribution is 6.60. The van der Waals surface area contributed by atoms with Crippen molar-refractivity contribution in [1.82, 2.24) is 0 Å². The van der Waals surface area contributed by atoms with Gasteiger partial charge in [0.25, 0.3) is 0 Å².